The highest BCUT2D eigenvalue weighted by Crippen LogP contribution is 2.64. The van der Waals surface area contributed by atoms with E-state index in [1.54, 1.807) is 0 Å². The van der Waals surface area contributed by atoms with E-state index in [1.807, 2.05) is 0 Å². The summed E-state index contributed by atoms with van der Waals surface area (Å²) < 4.78 is 0. The van der Waals surface area contributed by atoms with Crippen molar-refractivity contribution in [3.8, 4) is 66.8 Å². The Hall–Kier alpha value is -8.00. The third-order valence-electron chi connectivity index (χ3n) is 16.3. The maximum Gasteiger partial charge on any atom is 0.0725 e. The Morgan fingerprint density at radius 1 is 0.250 bits per heavy atom. The molecule has 0 aliphatic heterocycles. The third-order valence-corrected chi connectivity index (χ3v) is 16.3. The second-order valence-electron chi connectivity index (χ2n) is 20.4. The number of rotatable bonds is 5. The molecule has 0 aromatic heterocycles. The number of benzene rings is 10. The lowest BCUT2D eigenvalue weighted by Gasteiger charge is -2.31. The number of fused-ring (bicyclic) bond motifs is 16. The molecule has 14 rings (SSSR count). The quantitative estimate of drug-likeness (QED) is 0.167. The first kappa shape index (κ1) is 39.2. The summed E-state index contributed by atoms with van der Waals surface area (Å²) in [6.45, 7) is 9.51. The molecular weight excluding hydrogens is 819 g/mol. The van der Waals surface area contributed by atoms with Crippen molar-refractivity contribution in [1.82, 2.24) is 0 Å². The van der Waals surface area contributed by atoms with Gasteiger partial charge in [0.05, 0.1) is 5.41 Å². The zero-order valence-corrected chi connectivity index (χ0v) is 38.8. The largest absolute Gasteiger partial charge is 0.310 e. The zero-order valence-electron chi connectivity index (χ0n) is 38.8. The second kappa shape index (κ2) is 14.0. The predicted octanol–water partition coefficient (Wildman–Crippen LogP) is 17.4. The van der Waals surface area contributed by atoms with Gasteiger partial charge in [-0.25, -0.2) is 0 Å². The minimum absolute atomic E-state index is 0.126. The van der Waals surface area contributed by atoms with Gasteiger partial charge in [0.1, 0.15) is 0 Å². The summed E-state index contributed by atoms with van der Waals surface area (Å²) in [5, 5.41) is 0. The Kier molecular flexibility index (Phi) is 8.08. The van der Waals surface area contributed by atoms with E-state index in [0.29, 0.717) is 0 Å². The molecule has 1 nitrogen and oxygen atoms in total. The molecule has 0 bridgehead atoms. The molecule has 1 atom stereocenters. The van der Waals surface area contributed by atoms with Crippen molar-refractivity contribution < 1.29 is 0 Å². The van der Waals surface area contributed by atoms with Crippen molar-refractivity contribution in [2.45, 2.75) is 43.9 Å². The van der Waals surface area contributed by atoms with E-state index in [2.05, 4.69) is 257 Å². The number of hydrogen-bond acceptors (Lipinski definition) is 1. The molecule has 0 saturated carbocycles. The van der Waals surface area contributed by atoms with Crippen molar-refractivity contribution >= 4 is 17.1 Å². The summed E-state index contributed by atoms with van der Waals surface area (Å²) in [5.74, 6) is 0. The molecule has 0 heterocycles. The number of hydrogen-bond donors (Lipinski definition) is 0. The van der Waals surface area contributed by atoms with Gasteiger partial charge in [0.15, 0.2) is 0 Å². The summed E-state index contributed by atoms with van der Waals surface area (Å²) in [5.41, 5.74) is 29.2. The molecule has 0 radical (unpaired) electrons. The van der Waals surface area contributed by atoms with Gasteiger partial charge in [-0.1, -0.05) is 210 Å². The summed E-state index contributed by atoms with van der Waals surface area (Å²) in [4.78, 5) is 2.50. The monoisotopic (exact) mass is 867 g/mol. The molecule has 10 aromatic rings. The maximum absolute atomic E-state index is 2.50. The Bertz CT molecular complexity index is 3650. The molecule has 1 spiro atoms. The predicted molar refractivity (Wildman–Crippen MR) is 283 cm³/mol. The SMILES string of the molecule is CC1(C)c2ccccc2-c2ccc(N(c3cccc(-c4ccc5c(c4)-c4ccccc4C54c5ccccc5-c5c(-c6ccccc6)cccc54)c3)c3ccc4c(c3)C(C)(C)c3ccccc3-4)cc21. The van der Waals surface area contributed by atoms with Crippen molar-refractivity contribution in [3.63, 3.8) is 0 Å². The van der Waals surface area contributed by atoms with Crippen LogP contribution >= 0.6 is 0 Å². The first-order chi connectivity index (χ1) is 33.2. The van der Waals surface area contributed by atoms with Gasteiger partial charge >= 0.3 is 0 Å². The van der Waals surface area contributed by atoms with Crippen LogP contribution in [-0.4, -0.2) is 0 Å². The van der Waals surface area contributed by atoms with Crippen molar-refractivity contribution in [2.24, 2.45) is 0 Å². The minimum Gasteiger partial charge on any atom is -0.310 e. The van der Waals surface area contributed by atoms with Gasteiger partial charge < -0.3 is 4.90 Å². The van der Waals surface area contributed by atoms with Crippen LogP contribution in [0.5, 0.6) is 0 Å². The van der Waals surface area contributed by atoms with E-state index in [-0.39, 0.29) is 10.8 Å². The highest BCUT2D eigenvalue weighted by molar-refractivity contribution is 6.01. The lowest BCUT2D eigenvalue weighted by Crippen LogP contribution is -2.25. The van der Waals surface area contributed by atoms with E-state index in [9.17, 15) is 0 Å². The van der Waals surface area contributed by atoms with Gasteiger partial charge in [0.2, 0.25) is 0 Å². The molecule has 1 unspecified atom stereocenters. The highest BCUT2D eigenvalue weighted by atomic mass is 15.1. The zero-order chi connectivity index (χ0) is 45.5. The van der Waals surface area contributed by atoms with Crippen LogP contribution in [0.2, 0.25) is 0 Å². The van der Waals surface area contributed by atoms with Crippen LogP contribution in [0.1, 0.15) is 72.2 Å². The molecular formula is C67H49N. The lowest BCUT2D eigenvalue weighted by atomic mass is 9.70. The first-order valence-corrected chi connectivity index (χ1v) is 24.2. The third kappa shape index (κ3) is 5.17. The average Bonchev–Trinajstić information content (AvgIpc) is 4.02. The second-order valence-corrected chi connectivity index (χ2v) is 20.4. The number of nitrogens with zero attached hydrogens (tertiary/aromatic N) is 1. The first-order valence-electron chi connectivity index (χ1n) is 24.2. The molecule has 1 heteroatoms. The summed E-state index contributed by atoms with van der Waals surface area (Å²) in [7, 11) is 0. The molecule has 68 heavy (non-hydrogen) atoms. The minimum atomic E-state index is -0.429. The maximum atomic E-state index is 2.50. The van der Waals surface area contributed by atoms with E-state index in [4.69, 9.17) is 0 Å². The van der Waals surface area contributed by atoms with Crippen molar-refractivity contribution in [1.29, 1.82) is 0 Å². The van der Waals surface area contributed by atoms with E-state index < -0.39 is 5.41 Å². The van der Waals surface area contributed by atoms with Crippen LogP contribution in [0.25, 0.3) is 66.8 Å². The van der Waals surface area contributed by atoms with Crippen LogP contribution < -0.4 is 4.90 Å². The molecule has 0 fully saturated rings. The topological polar surface area (TPSA) is 3.24 Å². The van der Waals surface area contributed by atoms with Crippen LogP contribution in [0.3, 0.4) is 0 Å². The molecule has 322 valence electrons. The normalized spacial score (nSPS) is 16.5. The molecule has 4 aliphatic rings. The van der Waals surface area contributed by atoms with Gasteiger partial charge in [0, 0.05) is 27.9 Å². The van der Waals surface area contributed by atoms with Gasteiger partial charge in [-0.05, 0) is 154 Å². The molecule has 4 aliphatic carbocycles. The van der Waals surface area contributed by atoms with Gasteiger partial charge in [-0.2, -0.15) is 0 Å². The van der Waals surface area contributed by atoms with E-state index in [1.165, 1.54) is 111 Å². The summed E-state index contributed by atoms with van der Waals surface area (Å²) >= 11 is 0. The van der Waals surface area contributed by atoms with Crippen LogP contribution in [-0.2, 0) is 16.2 Å². The summed E-state index contributed by atoms with van der Waals surface area (Å²) in [6.07, 6.45) is 0. The van der Waals surface area contributed by atoms with Gasteiger partial charge in [0.25, 0.3) is 0 Å². The average molecular weight is 868 g/mol. The van der Waals surface area contributed by atoms with Crippen LogP contribution in [0.4, 0.5) is 17.1 Å². The Balaban J connectivity index is 0.939. The van der Waals surface area contributed by atoms with Crippen molar-refractivity contribution in [2.75, 3.05) is 4.90 Å². The van der Waals surface area contributed by atoms with Gasteiger partial charge in [-0.15, -0.1) is 0 Å². The molecule has 10 aromatic carbocycles. The Morgan fingerprint density at radius 3 is 1.31 bits per heavy atom. The van der Waals surface area contributed by atoms with Crippen molar-refractivity contribution in [3.05, 3.63) is 269 Å². The Labute approximate surface area is 399 Å². The van der Waals surface area contributed by atoms with Crippen LogP contribution in [0.15, 0.2) is 224 Å². The van der Waals surface area contributed by atoms with Crippen LogP contribution in [0, 0.1) is 0 Å². The highest BCUT2D eigenvalue weighted by Gasteiger charge is 2.52. The van der Waals surface area contributed by atoms with E-state index >= 15 is 0 Å². The Morgan fingerprint density at radius 2 is 0.676 bits per heavy atom. The van der Waals surface area contributed by atoms with E-state index in [0.717, 1.165) is 17.1 Å². The number of anilines is 3. The molecule has 0 N–H and O–H groups in total. The standard InChI is InChI=1S/C67H49N/c1-65(2)56-27-12-8-22-49(56)52-35-33-46(40-62(52)65)68(47-34-36-53-50-23-9-13-28-57(50)66(3,4)63(53)41-47)45-21-16-20-43(38-45)44-32-37-60-55(39-44)51-24-10-14-29-58(51)67(60)59-30-15-11-25-54(59)64-48(26-17-31-61(64)67)42-18-6-5-7-19-42/h5-41H,1-4H3. The smallest absolute Gasteiger partial charge is 0.0725 e. The fraction of sp³-hybridized carbons (Fsp3) is 0.104. The van der Waals surface area contributed by atoms with Gasteiger partial charge in [-0.3, -0.25) is 0 Å². The lowest BCUT2D eigenvalue weighted by molar-refractivity contribution is 0.660. The molecule has 0 amide bonds. The fourth-order valence-electron chi connectivity index (χ4n) is 13.2. The molecule has 0 saturated heterocycles. The fourth-order valence-corrected chi connectivity index (χ4v) is 13.2. The summed E-state index contributed by atoms with van der Waals surface area (Å²) in [6, 6.07) is 84.9.